The van der Waals surface area contributed by atoms with Crippen LogP contribution >= 0.6 is 0 Å². The predicted molar refractivity (Wildman–Crippen MR) is 147 cm³/mol. The van der Waals surface area contributed by atoms with Gasteiger partial charge in [-0.25, -0.2) is 0 Å². The largest absolute Gasteiger partial charge is 0.411 e. The number of hydrogen-bond acceptors (Lipinski definition) is 2. The lowest BCUT2D eigenvalue weighted by atomic mass is 9.72. The van der Waals surface area contributed by atoms with Crippen molar-refractivity contribution in [1.29, 1.82) is 0 Å². The highest BCUT2D eigenvalue weighted by Gasteiger charge is 2.78. The Balaban J connectivity index is 1.66. The normalized spacial score (nSPS) is 26.8. The second-order valence-electron chi connectivity index (χ2n) is 11.8. The van der Waals surface area contributed by atoms with E-state index < -0.39 is 16.4 Å². The van der Waals surface area contributed by atoms with E-state index in [9.17, 15) is 0 Å². The smallest absolute Gasteiger partial charge is 0.192 e. The molecule has 1 spiro atoms. The number of rotatable bonds is 6. The van der Waals surface area contributed by atoms with E-state index in [0.29, 0.717) is 5.92 Å². The highest BCUT2D eigenvalue weighted by Crippen LogP contribution is 2.61. The summed E-state index contributed by atoms with van der Waals surface area (Å²) in [5.41, 5.74) is -0.0331. The van der Waals surface area contributed by atoms with Gasteiger partial charge in [-0.15, -0.1) is 0 Å². The molecule has 1 saturated carbocycles. The molecule has 178 valence electrons. The molecule has 0 unspecified atom stereocenters. The molecule has 0 N–H and O–H groups in total. The van der Waals surface area contributed by atoms with Gasteiger partial charge in [0.2, 0.25) is 0 Å². The van der Waals surface area contributed by atoms with Crippen molar-refractivity contribution in [2.75, 3.05) is 0 Å². The van der Waals surface area contributed by atoms with Gasteiger partial charge in [0.15, 0.2) is 16.4 Å². The van der Waals surface area contributed by atoms with E-state index in [-0.39, 0.29) is 22.5 Å². The Morgan fingerprint density at radius 1 is 0.765 bits per heavy atom. The third-order valence-electron chi connectivity index (χ3n) is 8.84. The summed E-state index contributed by atoms with van der Waals surface area (Å²) in [6.07, 6.45) is 1.27. The molecule has 0 aromatic heterocycles. The van der Waals surface area contributed by atoms with Crippen molar-refractivity contribution < 1.29 is 9.16 Å². The van der Waals surface area contributed by atoms with Gasteiger partial charge in [-0.05, 0) is 46.0 Å². The highest BCUT2D eigenvalue weighted by atomic mass is 28.4. The molecule has 1 aliphatic heterocycles. The van der Waals surface area contributed by atoms with Gasteiger partial charge < -0.3 is 9.16 Å². The van der Waals surface area contributed by atoms with E-state index in [4.69, 9.17) is 9.16 Å². The van der Waals surface area contributed by atoms with Gasteiger partial charge in [0, 0.05) is 0 Å². The second-order valence-corrected chi connectivity index (χ2v) is 20.4. The van der Waals surface area contributed by atoms with Crippen LogP contribution in [0.2, 0.25) is 18.1 Å². The fourth-order valence-electron chi connectivity index (χ4n) is 5.79. The Morgan fingerprint density at radius 3 is 1.53 bits per heavy atom. The first-order valence-electron chi connectivity index (χ1n) is 12.7. The molecule has 2 nitrogen and oxygen atoms in total. The average Bonchev–Trinajstić information content (AvgIpc) is 3.60. The summed E-state index contributed by atoms with van der Waals surface area (Å²) in [7, 11) is -4.39. The first-order valence-corrected chi connectivity index (χ1v) is 17.6. The lowest BCUT2D eigenvalue weighted by Gasteiger charge is -2.49. The first kappa shape index (κ1) is 23.7. The minimum atomic E-state index is -2.49. The van der Waals surface area contributed by atoms with Crippen molar-refractivity contribution in [3.05, 3.63) is 91.0 Å². The van der Waals surface area contributed by atoms with Crippen LogP contribution in [-0.4, -0.2) is 33.8 Å². The zero-order valence-corrected chi connectivity index (χ0v) is 23.4. The van der Waals surface area contributed by atoms with Crippen LogP contribution in [0.15, 0.2) is 91.0 Å². The van der Waals surface area contributed by atoms with Crippen LogP contribution in [0.3, 0.4) is 0 Å². The fraction of sp³-hybridized carbons (Fsp3) is 0.400. The maximum Gasteiger partial charge on any atom is 0.192 e. The quantitative estimate of drug-likeness (QED) is 0.269. The molecule has 1 aliphatic carbocycles. The minimum absolute atomic E-state index is 0.158. The molecular formula is C30H38O2Si2. The molecule has 0 bridgehead atoms. The van der Waals surface area contributed by atoms with Gasteiger partial charge in [0.1, 0.15) is 5.60 Å². The summed E-state index contributed by atoms with van der Waals surface area (Å²) in [5, 5.41) is 4.43. The molecule has 4 heteroatoms. The summed E-state index contributed by atoms with van der Waals surface area (Å²) >= 11 is 0. The zero-order chi connectivity index (χ0) is 24.2. The molecule has 3 aromatic carbocycles. The zero-order valence-electron chi connectivity index (χ0n) is 21.4. The standard InChI is InChI=1S/C30H38O2Si2/c1-23-22-27(32-33(5,6)29(2,3)4)30(23)28(31-30)34(24-16-10-7-11-17-24,25-18-12-8-13-19-25)26-20-14-9-15-21-26/h7-21,23,27-28H,22H2,1-6H3/t23-,27-,28+,30-/m1/s1. The third-order valence-corrected chi connectivity index (χ3v) is 18.4. The summed E-state index contributed by atoms with van der Waals surface area (Å²) in [6.45, 7) is 14.1. The topological polar surface area (TPSA) is 21.8 Å². The van der Waals surface area contributed by atoms with Crippen molar-refractivity contribution in [1.82, 2.24) is 0 Å². The van der Waals surface area contributed by atoms with E-state index in [1.807, 2.05) is 0 Å². The molecule has 1 heterocycles. The average molecular weight is 487 g/mol. The van der Waals surface area contributed by atoms with Crippen LogP contribution in [0, 0.1) is 5.92 Å². The van der Waals surface area contributed by atoms with E-state index in [2.05, 4.69) is 132 Å². The summed E-state index contributed by atoms with van der Waals surface area (Å²) in [5.74, 6) is 0.496. The molecule has 34 heavy (non-hydrogen) atoms. The van der Waals surface area contributed by atoms with Crippen LogP contribution in [0.4, 0.5) is 0 Å². The molecule has 0 amide bonds. The monoisotopic (exact) mass is 486 g/mol. The van der Waals surface area contributed by atoms with E-state index >= 15 is 0 Å². The van der Waals surface area contributed by atoms with Crippen molar-refractivity contribution in [2.45, 2.75) is 69.7 Å². The van der Waals surface area contributed by atoms with E-state index in [1.165, 1.54) is 15.6 Å². The molecule has 3 aromatic rings. The Morgan fingerprint density at radius 2 is 1.18 bits per heavy atom. The van der Waals surface area contributed by atoms with Gasteiger partial charge in [0.05, 0.1) is 11.8 Å². The van der Waals surface area contributed by atoms with Crippen LogP contribution in [0.25, 0.3) is 0 Å². The van der Waals surface area contributed by atoms with Crippen molar-refractivity contribution in [3.8, 4) is 0 Å². The molecule has 2 aliphatic rings. The number of benzene rings is 3. The molecule has 0 radical (unpaired) electrons. The SMILES string of the molecule is C[C@@H]1C[C@@H](O[Si](C)(C)C(C)(C)C)[C@]12O[C@H]2[Si](c1ccccc1)(c1ccccc1)c1ccccc1. The van der Waals surface area contributed by atoms with Gasteiger partial charge in [-0.2, -0.15) is 0 Å². The summed E-state index contributed by atoms with van der Waals surface area (Å²) < 4.78 is 14.1. The van der Waals surface area contributed by atoms with Gasteiger partial charge in [-0.1, -0.05) is 119 Å². The maximum absolute atomic E-state index is 7.06. The van der Waals surface area contributed by atoms with Crippen LogP contribution in [0.5, 0.6) is 0 Å². The van der Waals surface area contributed by atoms with Crippen molar-refractivity contribution in [3.63, 3.8) is 0 Å². The van der Waals surface area contributed by atoms with Crippen LogP contribution in [-0.2, 0) is 9.16 Å². The number of ether oxygens (including phenoxy) is 1. The molecule has 1 saturated heterocycles. The van der Waals surface area contributed by atoms with Crippen molar-refractivity contribution >= 4 is 32.0 Å². The van der Waals surface area contributed by atoms with E-state index in [0.717, 1.165) is 6.42 Å². The van der Waals surface area contributed by atoms with E-state index in [1.54, 1.807) is 0 Å². The molecular weight excluding hydrogens is 449 g/mol. The third kappa shape index (κ3) is 3.50. The fourth-order valence-corrected chi connectivity index (χ4v) is 12.7. The Kier molecular flexibility index (Phi) is 5.80. The summed E-state index contributed by atoms with van der Waals surface area (Å²) in [6, 6.07) is 33.5. The van der Waals surface area contributed by atoms with Crippen LogP contribution < -0.4 is 15.6 Å². The number of epoxide rings is 1. The summed E-state index contributed by atoms with van der Waals surface area (Å²) in [4.78, 5) is 0. The highest BCUT2D eigenvalue weighted by molar-refractivity contribution is 7.13. The maximum atomic E-state index is 7.06. The van der Waals surface area contributed by atoms with Gasteiger partial charge in [0.25, 0.3) is 0 Å². The number of hydrogen-bond donors (Lipinski definition) is 0. The molecule has 2 fully saturated rings. The predicted octanol–water partition coefficient (Wildman–Crippen LogP) is 5.26. The molecule has 4 atom stereocenters. The first-order chi connectivity index (χ1) is 16.1. The second kappa shape index (κ2) is 8.30. The lowest BCUT2D eigenvalue weighted by molar-refractivity contribution is -0.0414. The van der Waals surface area contributed by atoms with Crippen LogP contribution in [0.1, 0.15) is 34.1 Å². The van der Waals surface area contributed by atoms with Gasteiger partial charge >= 0.3 is 0 Å². The Labute approximate surface area is 207 Å². The van der Waals surface area contributed by atoms with Gasteiger partial charge in [-0.3, -0.25) is 0 Å². The Bertz CT molecular complexity index is 1030. The lowest BCUT2D eigenvalue weighted by Crippen LogP contribution is -2.74. The minimum Gasteiger partial charge on any atom is -0.411 e. The Hall–Kier alpha value is -1.99. The molecule has 5 rings (SSSR count). The van der Waals surface area contributed by atoms with Crippen molar-refractivity contribution in [2.24, 2.45) is 5.92 Å².